The first-order valence-corrected chi connectivity index (χ1v) is 10.2. The molecule has 144 valence electrons. The fourth-order valence-electron chi connectivity index (χ4n) is 5.31. The highest BCUT2D eigenvalue weighted by atomic mass is 16.3. The van der Waals surface area contributed by atoms with Gasteiger partial charge in [-0.15, -0.1) is 0 Å². The third-order valence-electron chi connectivity index (χ3n) is 6.69. The van der Waals surface area contributed by atoms with E-state index in [-0.39, 0.29) is 17.9 Å². The van der Waals surface area contributed by atoms with Crippen LogP contribution in [0.1, 0.15) is 48.0 Å². The van der Waals surface area contributed by atoms with Crippen LogP contribution in [0.15, 0.2) is 54.9 Å². The molecule has 3 aromatic rings. The third-order valence-corrected chi connectivity index (χ3v) is 6.69. The molecule has 1 aliphatic carbocycles. The van der Waals surface area contributed by atoms with Gasteiger partial charge >= 0.3 is 0 Å². The molecule has 28 heavy (non-hydrogen) atoms. The van der Waals surface area contributed by atoms with Crippen molar-refractivity contribution in [3.63, 3.8) is 0 Å². The van der Waals surface area contributed by atoms with Crippen molar-refractivity contribution < 1.29 is 9.90 Å². The second-order valence-electron chi connectivity index (χ2n) is 8.10. The Hall–Kier alpha value is -2.66. The van der Waals surface area contributed by atoms with E-state index in [0.717, 1.165) is 42.3 Å². The molecule has 0 radical (unpaired) electrons. The van der Waals surface area contributed by atoms with Crippen molar-refractivity contribution >= 4 is 16.9 Å². The molecule has 1 aliphatic heterocycles. The van der Waals surface area contributed by atoms with Crippen LogP contribution < -0.4 is 0 Å². The van der Waals surface area contributed by atoms with Crippen molar-refractivity contribution in [1.29, 1.82) is 0 Å². The number of benzene rings is 2. The molecule has 1 amide bonds. The Morgan fingerprint density at radius 2 is 1.93 bits per heavy atom. The molecule has 2 aliphatic rings. The number of piperidine rings is 1. The van der Waals surface area contributed by atoms with E-state index in [4.69, 9.17) is 0 Å². The van der Waals surface area contributed by atoms with Gasteiger partial charge in [-0.3, -0.25) is 4.79 Å². The van der Waals surface area contributed by atoms with Crippen LogP contribution in [-0.2, 0) is 5.60 Å². The van der Waals surface area contributed by atoms with Crippen molar-refractivity contribution in [2.45, 2.75) is 43.7 Å². The molecule has 1 saturated heterocycles. The number of hydrogen-bond acceptors (Lipinski definition) is 3. The minimum Gasteiger partial charge on any atom is -0.385 e. The summed E-state index contributed by atoms with van der Waals surface area (Å²) < 4.78 is 0. The zero-order chi connectivity index (χ0) is 19.1. The number of hydrogen-bond donors (Lipinski definition) is 2. The van der Waals surface area contributed by atoms with Crippen molar-refractivity contribution in [2.24, 2.45) is 5.92 Å². The van der Waals surface area contributed by atoms with Gasteiger partial charge < -0.3 is 15.0 Å². The first-order valence-electron chi connectivity index (χ1n) is 10.2. The van der Waals surface area contributed by atoms with E-state index in [1.165, 1.54) is 0 Å². The van der Waals surface area contributed by atoms with E-state index >= 15 is 0 Å². The van der Waals surface area contributed by atoms with Crippen LogP contribution in [0.5, 0.6) is 0 Å². The minimum atomic E-state index is -0.860. The van der Waals surface area contributed by atoms with Gasteiger partial charge in [-0.2, -0.15) is 0 Å². The smallest absolute Gasteiger partial charge is 0.256 e. The number of aromatic nitrogens is 2. The maximum Gasteiger partial charge on any atom is 0.256 e. The summed E-state index contributed by atoms with van der Waals surface area (Å²) >= 11 is 0. The van der Waals surface area contributed by atoms with Crippen LogP contribution in [0.25, 0.3) is 11.0 Å². The quantitative estimate of drug-likeness (QED) is 0.715. The van der Waals surface area contributed by atoms with Gasteiger partial charge in [0.1, 0.15) is 5.52 Å². The molecule has 2 aromatic carbocycles. The summed E-state index contributed by atoms with van der Waals surface area (Å²) in [7, 11) is 0. The van der Waals surface area contributed by atoms with Gasteiger partial charge in [0.15, 0.2) is 0 Å². The lowest BCUT2D eigenvalue weighted by Gasteiger charge is -2.52. The number of aliphatic hydroxyl groups is 1. The Labute approximate surface area is 164 Å². The lowest BCUT2D eigenvalue weighted by atomic mass is 9.66. The second kappa shape index (κ2) is 6.74. The maximum absolute atomic E-state index is 13.5. The first kappa shape index (κ1) is 17.4. The number of H-pyrrole nitrogens is 1. The average molecular weight is 375 g/mol. The molecule has 2 heterocycles. The zero-order valence-corrected chi connectivity index (χ0v) is 15.8. The van der Waals surface area contributed by atoms with Gasteiger partial charge in [0.25, 0.3) is 5.91 Å². The van der Waals surface area contributed by atoms with Crippen LogP contribution in [0, 0.1) is 5.92 Å². The molecule has 0 bridgehead atoms. The van der Waals surface area contributed by atoms with Crippen molar-refractivity contribution in [3.8, 4) is 0 Å². The summed E-state index contributed by atoms with van der Waals surface area (Å²) in [6, 6.07) is 15.8. The van der Waals surface area contributed by atoms with Crippen molar-refractivity contribution in [3.05, 3.63) is 66.0 Å². The van der Waals surface area contributed by atoms with Gasteiger partial charge in [-0.25, -0.2) is 4.98 Å². The number of carbonyl (C=O) groups excluding carboxylic acids is 1. The van der Waals surface area contributed by atoms with Crippen LogP contribution in [0.4, 0.5) is 0 Å². The zero-order valence-electron chi connectivity index (χ0n) is 15.8. The van der Waals surface area contributed by atoms with Gasteiger partial charge in [-0.05, 0) is 37.0 Å². The number of fused-ring (bicyclic) bond motifs is 2. The molecular weight excluding hydrogens is 350 g/mol. The Bertz CT molecular complexity index is 999. The number of rotatable bonds is 2. The molecule has 1 aromatic heterocycles. The molecular formula is C23H25N3O2. The second-order valence-corrected chi connectivity index (χ2v) is 8.10. The van der Waals surface area contributed by atoms with Crippen LogP contribution in [0.2, 0.25) is 0 Å². The lowest BCUT2D eigenvalue weighted by molar-refractivity contribution is -0.110. The van der Waals surface area contributed by atoms with E-state index in [0.29, 0.717) is 18.5 Å². The number of nitrogens with one attached hydrogen (secondary N) is 1. The predicted octanol–water partition coefficient (Wildman–Crippen LogP) is 3.86. The van der Waals surface area contributed by atoms with E-state index in [9.17, 15) is 9.90 Å². The number of imidazole rings is 1. The van der Waals surface area contributed by atoms with E-state index < -0.39 is 5.60 Å². The molecule has 5 nitrogen and oxygen atoms in total. The van der Waals surface area contributed by atoms with E-state index in [2.05, 4.69) is 9.97 Å². The first-order chi connectivity index (χ1) is 13.7. The number of likely N-dealkylation sites (tertiary alicyclic amines) is 1. The highest BCUT2D eigenvalue weighted by Crippen LogP contribution is 2.47. The monoisotopic (exact) mass is 375 g/mol. The summed E-state index contributed by atoms with van der Waals surface area (Å²) in [5.41, 5.74) is 2.37. The van der Waals surface area contributed by atoms with Gasteiger partial charge in [0.05, 0.1) is 23.0 Å². The molecule has 0 spiro atoms. The minimum absolute atomic E-state index is 0.0321. The summed E-state index contributed by atoms with van der Waals surface area (Å²) in [5.74, 6) is 0.101. The number of para-hydroxylation sites is 1. The third kappa shape index (κ3) is 2.65. The Kier molecular flexibility index (Phi) is 4.20. The number of carbonyl (C=O) groups is 1. The summed E-state index contributed by atoms with van der Waals surface area (Å²) in [6.07, 6.45) is 6.31. The highest BCUT2D eigenvalue weighted by molar-refractivity contribution is 6.05. The lowest BCUT2D eigenvalue weighted by Crippen LogP contribution is -2.59. The molecule has 1 saturated carbocycles. The fraction of sp³-hybridized carbons (Fsp3) is 0.391. The Balaban J connectivity index is 1.51. The fourth-order valence-corrected chi connectivity index (χ4v) is 5.31. The average Bonchev–Trinajstić information content (AvgIpc) is 3.23. The standard InChI is InChI=1S/C23H25N3O2/c27-22(17-9-6-11-19-21(17)25-15-24-19)26-14-13-23(28,16-7-2-1-3-8-16)18-10-4-5-12-20(18)26/h1-3,6-9,11,15,18,20,28H,4-5,10,12-14H2,(H,24,25)/t18-,20+,23?/m0/s1. The topological polar surface area (TPSA) is 69.2 Å². The molecule has 2 fully saturated rings. The van der Waals surface area contributed by atoms with Crippen LogP contribution in [0.3, 0.4) is 0 Å². The van der Waals surface area contributed by atoms with Crippen LogP contribution in [-0.4, -0.2) is 38.5 Å². The van der Waals surface area contributed by atoms with Gasteiger partial charge in [0, 0.05) is 18.5 Å². The number of amides is 1. The van der Waals surface area contributed by atoms with E-state index in [1.807, 2.05) is 53.4 Å². The van der Waals surface area contributed by atoms with Gasteiger partial charge in [0.2, 0.25) is 0 Å². The summed E-state index contributed by atoms with van der Waals surface area (Å²) in [4.78, 5) is 23.0. The number of aromatic amines is 1. The SMILES string of the molecule is O=C(c1cccc2[nH]cnc12)N1CCC(O)(c2ccccc2)[C@H]2CCCC[C@H]21. The van der Waals surface area contributed by atoms with E-state index in [1.54, 1.807) is 6.33 Å². The maximum atomic E-state index is 13.5. The predicted molar refractivity (Wildman–Crippen MR) is 108 cm³/mol. The van der Waals surface area contributed by atoms with Crippen molar-refractivity contribution in [1.82, 2.24) is 14.9 Å². The van der Waals surface area contributed by atoms with Gasteiger partial charge in [-0.1, -0.05) is 49.2 Å². The molecule has 3 atom stereocenters. The summed E-state index contributed by atoms with van der Waals surface area (Å²) in [6.45, 7) is 0.562. The molecule has 5 heteroatoms. The Morgan fingerprint density at radius 3 is 2.79 bits per heavy atom. The van der Waals surface area contributed by atoms with Crippen LogP contribution >= 0.6 is 0 Å². The highest BCUT2D eigenvalue weighted by Gasteiger charge is 2.50. The molecule has 5 rings (SSSR count). The largest absolute Gasteiger partial charge is 0.385 e. The Morgan fingerprint density at radius 1 is 1.11 bits per heavy atom. The number of nitrogens with zero attached hydrogens (tertiary/aromatic N) is 2. The normalized spacial score (nSPS) is 27.5. The molecule has 1 unspecified atom stereocenters. The van der Waals surface area contributed by atoms with Crippen molar-refractivity contribution in [2.75, 3.05) is 6.54 Å². The summed E-state index contributed by atoms with van der Waals surface area (Å²) in [5, 5.41) is 11.7. The molecule has 2 N–H and O–H groups in total.